The minimum atomic E-state index is -0.278. The van der Waals surface area contributed by atoms with Gasteiger partial charge in [0.1, 0.15) is 15.7 Å². The van der Waals surface area contributed by atoms with Crippen LogP contribution in [0.2, 0.25) is 0 Å². The number of amides is 1. The first-order chi connectivity index (χ1) is 12.1. The van der Waals surface area contributed by atoms with Crippen molar-refractivity contribution in [2.75, 3.05) is 39.3 Å². The van der Waals surface area contributed by atoms with Gasteiger partial charge in [-0.3, -0.25) is 4.79 Å². The average molecular weight is 362 g/mol. The molecule has 1 aromatic carbocycles. The lowest BCUT2D eigenvalue weighted by atomic mass is 10.2. The number of carbonyl (C=O) groups is 1. The molecule has 1 amide bonds. The maximum absolute atomic E-state index is 13.0. The van der Waals surface area contributed by atoms with E-state index in [2.05, 4.69) is 20.5 Å². The lowest BCUT2D eigenvalue weighted by molar-refractivity contribution is 0.0954. The molecular weight excluding hydrogens is 339 g/mol. The van der Waals surface area contributed by atoms with Crippen molar-refractivity contribution in [3.8, 4) is 10.6 Å². The number of thiazole rings is 1. The fourth-order valence-electron chi connectivity index (χ4n) is 2.84. The highest BCUT2D eigenvalue weighted by Crippen LogP contribution is 2.27. The molecule has 3 rings (SSSR count). The van der Waals surface area contributed by atoms with Crippen molar-refractivity contribution in [2.45, 2.75) is 13.3 Å². The minimum absolute atomic E-state index is 0.0799. The van der Waals surface area contributed by atoms with Crippen LogP contribution in [0, 0.1) is 12.7 Å². The second kappa shape index (κ2) is 8.51. The molecule has 2 heterocycles. The molecule has 5 nitrogen and oxygen atoms in total. The van der Waals surface area contributed by atoms with E-state index >= 15 is 0 Å². The summed E-state index contributed by atoms with van der Waals surface area (Å²) >= 11 is 1.35. The van der Waals surface area contributed by atoms with E-state index in [1.165, 1.54) is 23.5 Å². The predicted octanol–water partition coefficient (Wildman–Crippen LogP) is 2.28. The van der Waals surface area contributed by atoms with E-state index in [0.29, 0.717) is 17.1 Å². The van der Waals surface area contributed by atoms with Crippen LogP contribution in [-0.2, 0) is 0 Å². The summed E-state index contributed by atoms with van der Waals surface area (Å²) in [5.74, 6) is -0.358. The molecule has 0 radical (unpaired) electrons. The fraction of sp³-hybridized carbons (Fsp3) is 0.444. The van der Waals surface area contributed by atoms with Crippen molar-refractivity contribution in [2.24, 2.45) is 0 Å². The summed E-state index contributed by atoms with van der Waals surface area (Å²) in [6.07, 6.45) is 0.939. The van der Waals surface area contributed by atoms with Crippen LogP contribution in [0.4, 0.5) is 4.39 Å². The Balaban J connectivity index is 1.52. The monoisotopic (exact) mass is 362 g/mol. The van der Waals surface area contributed by atoms with E-state index < -0.39 is 0 Å². The third-order valence-corrected chi connectivity index (χ3v) is 5.45. The second-order valence-corrected chi connectivity index (χ2v) is 7.14. The van der Waals surface area contributed by atoms with Crippen molar-refractivity contribution in [1.82, 2.24) is 20.5 Å². The first-order valence-electron chi connectivity index (χ1n) is 8.58. The van der Waals surface area contributed by atoms with Crippen LogP contribution in [0.5, 0.6) is 0 Å². The smallest absolute Gasteiger partial charge is 0.263 e. The maximum Gasteiger partial charge on any atom is 0.263 e. The number of nitrogens with zero attached hydrogens (tertiary/aromatic N) is 2. The second-order valence-electron chi connectivity index (χ2n) is 6.14. The zero-order valence-corrected chi connectivity index (χ0v) is 15.2. The molecular formula is C18H23FN4OS. The van der Waals surface area contributed by atoms with Crippen LogP contribution in [0.3, 0.4) is 0 Å². The predicted molar refractivity (Wildman–Crippen MR) is 98.5 cm³/mol. The first-order valence-corrected chi connectivity index (χ1v) is 9.40. The number of rotatable bonds is 6. The number of aryl methyl sites for hydroxylation is 1. The van der Waals surface area contributed by atoms with Gasteiger partial charge in [-0.1, -0.05) is 0 Å². The first kappa shape index (κ1) is 18.0. The molecule has 7 heteroatoms. The van der Waals surface area contributed by atoms with E-state index in [1.807, 2.05) is 6.92 Å². The third-order valence-electron chi connectivity index (χ3n) is 4.24. The molecule has 0 aliphatic carbocycles. The van der Waals surface area contributed by atoms with E-state index in [1.54, 1.807) is 12.1 Å². The zero-order chi connectivity index (χ0) is 17.6. The van der Waals surface area contributed by atoms with Crippen molar-refractivity contribution < 1.29 is 9.18 Å². The van der Waals surface area contributed by atoms with Gasteiger partial charge in [0.05, 0.1) is 5.69 Å². The highest BCUT2D eigenvalue weighted by molar-refractivity contribution is 7.17. The number of halogens is 1. The summed E-state index contributed by atoms with van der Waals surface area (Å²) in [6.45, 7) is 7.72. The molecule has 2 N–H and O–H groups in total. The molecule has 2 aromatic rings. The topological polar surface area (TPSA) is 57.3 Å². The number of hydrogen-bond acceptors (Lipinski definition) is 5. The summed E-state index contributed by atoms with van der Waals surface area (Å²) in [7, 11) is 0. The van der Waals surface area contributed by atoms with E-state index in [-0.39, 0.29) is 11.7 Å². The number of aromatic nitrogens is 1. The summed E-state index contributed by atoms with van der Waals surface area (Å²) in [4.78, 5) is 19.9. The molecule has 25 heavy (non-hydrogen) atoms. The molecule has 0 spiro atoms. The zero-order valence-electron chi connectivity index (χ0n) is 14.3. The number of nitrogens with one attached hydrogen (secondary N) is 2. The number of piperazine rings is 1. The van der Waals surface area contributed by atoms with Crippen LogP contribution in [0.1, 0.15) is 21.8 Å². The lowest BCUT2D eigenvalue weighted by Gasteiger charge is -2.27. The molecule has 1 aromatic heterocycles. The van der Waals surface area contributed by atoms with Gasteiger partial charge in [-0.05, 0) is 44.2 Å². The quantitative estimate of drug-likeness (QED) is 0.774. The van der Waals surface area contributed by atoms with Gasteiger partial charge in [0.2, 0.25) is 0 Å². The van der Waals surface area contributed by atoms with Gasteiger partial charge in [-0.25, -0.2) is 9.37 Å². The highest BCUT2D eigenvalue weighted by atomic mass is 32.1. The maximum atomic E-state index is 13.0. The lowest BCUT2D eigenvalue weighted by Crippen LogP contribution is -2.44. The van der Waals surface area contributed by atoms with Crippen molar-refractivity contribution in [3.05, 3.63) is 40.7 Å². The number of benzene rings is 1. The van der Waals surface area contributed by atoms with Gasteiger partial charge >= 0.3 is 0 Å². The fourth-order valence-corrected chi connectivity index (χ4v) is 3.83. The Kier molecular flexibility index (Phi) is 6.12. The number of carbonyl (C=O) groups excluding carboxylic acids is 1. The van der Waals surface area contributed by atoms with Gasteiger partial charge in [-0.2, -0.15) is 0 Å². The van der Waals surface area contributed by atoms with Crippen LogP contribution in [-0.4, -0.2) is 55.1 Å². The van der Waals surface area contributed by atoms with Gasteiger partial charge in [0.25, 0.3) is 5.91 Å². The molecule has 0 unspecified atom stereocenters. The minimum Gasteiger partial charge on any atom is -0.351 e. The van der Waals surface area contributed by atoms with E-state index in [0.717, 1.165) is 49.7 Å². The SMILES string of the molecule is Cc1nc(-c2ccc(F)cc2)sc1C(=O)NCCCN1CCNCC1. The third kappa shape index (κ3) is 4.84. The molecule has 134 valence electrons. The molecule has 1 aliphatic rings. The van der Waals surface area contributed by atoms with Crippen molar-refractivity contribution in [3.63, 3.8) is 0 Å². The van der Waals surface area contributed by atoms with Gasteiger partial charge in [0, 0.05) is 38.3 Å². The Morgan fingerprint density at radius 1 is 1.32 bits per heavy atom. The molecule has 0 atom stereocenters. The molecule has 0 saturated carbocycles. The van der Waals surface area contributed by atoms with Crippen LogP contribution < -0.4 is 10.6 Å². The number of hydrogen-bond donors (Lipinski definition) is 2. The molecule has 1 aliphatic heterocycles. The van der Waals surface area contributed by atoms with Gasteiger partial charge < -0.3 is 15.5 Å². The Bertz CT molecular complexity index is 710. The summed E-state index contributed by atoms with van der Waals surface area (Å²) < 4.78 is 13.0. The standard InChI is InChI=1S/C18H23FN4OS/c1-13-16(25-18(22-13)14-3-5-15(19)6-4-14)17(24)21-7-2-10-23-11-8-20-9-12-23/h3-6,20H,2,7-12H2,1H3,(H,21,24). The van der Waals surface area contributed by atoms with Crippen LogP contribution in [0.15, 0.2) is 24.3 Å². The van der Waals surface area contributed by atoms with Crippen molar-refractivity contribution in [1.29, 1.82) is 0 Å². The Hall–Kier alpha value is -1.83. The Morgan fingerprint density at radius 3 is 2.76 bits per heavy atom. The summed E-state index contributed by atoms with van der Waals surface area (Å²) in [5.41, 5.74) is 1.54. The summed E-state index contributed by atoms with van der Waals surface area (Å²) in [6, 6.07) is 6.18. The summed E-state index contributed by atoms with van der Waals surface area (Å²) in [5, 5.41) is 7.05. The molecule has 0 bridgehead atoms. The van der Waals surface area contributed by atoms with E-state index in [4.69, 9.17) is 0 Å². The van der Waals surface area contributed by atoms with Crippen molar-refractivity contribution >= 4 is 17.2 Å². The normalized spacial score (nSPS) is 15.3. The highest BCUT2D eigenvalue weighted by Gasteiger charge is 2.16. The van der Waals surface area contributed by atoms with E-state index in [9.17, 15) is 9.18 Å². The Labute approximate surface area is 151 Å². The van der Waals surface area contributed by atoms with Gasteiger partial charge in [-0.15, -0.1) is 11.3 Å². The Morgan fingerprint density at radius 2 is 2.04 bits per heavy atom. The van der Waals surface area contributed by atoms with Crippen LogP contribution in [0.25, 0.3) is 10.6 Å². The van der Waals surface area contributed by atoms with Crippen LogP contribution >= 0.6 is 11.3 Å². The largest absolute Gasteiger partial charge is 0.351 e. The van der Waals surface area contributed by atoms with Gasteiger partial charge in [0.15, 0.2) is 0 Å². The molecule has 1 fully saturated rings. The molecule has 1 saturated heterocycles. The average Bonchev–Trinajstić information content (AvgIpc) is 3.02.